The molecule has 0 aromatic heterocycles. The molecule has 0 radical (unpaired) electrons. The summed E-state index contributed by atoms with van der Waals surface area (Å²) in [4.78, 5) is 22.7. The first-order chi connectivity index (χ1) is 9.54. The van der Waals surface area contributed by atoms with Gasteiger partial charge in [-0.15, -0.1) is 0 Å². The van der Waals surface area contributed by atoms with Crippen LogP contribution in [0.3, 0.4) is 0 Å². The molecule has 2 amide bonds. The third-order valence-electron chi connectivity index (χ3n) is 2.78. The fourth-order valence-corrected chi connectivity index (χ4v) is 1.90. The van der Waals surface area contributed by atoms with Crippen LogP contribution in [0.1, 0.15) is 43.0 Å². The van der Waals surface area contributed by atoms with Gasteiger partial charge in [-0.05, 0) is 24.6 Å². The van der Waals surface area contributed by atoms with Crippen LogP contribution in [-0.4, -0.2) is 23.7 Å². The van der Waals surface area contributed by atoms with Crippen molar-refractivity contribution in [1.82, 2.24) is 5.32 Å². The fraction of sp³-hybridized carbons (Fsp3) is 0.429. The highest BCUT2D eigenvalue weighted by Gasteiger charge is 2.12. The fourth-order valence-electron chi connectivity index (χ4n) is 1.73. The van der Waals surface area contributed by atoms with Gasteiger partial charge in [-0.1, -0.05) is 37.8 Å². The van der Waals surface area contributed by atoms with E-state index < -0.39 is 12.0 Å². The number of carboxylic acid groups (broad SMARTS) is 1. The molecule has 0 bridgehead atoms. The number of carbonyl (C=O) groups excluding carboxylic acids is 1. The minimum absolute atomic E-state index is 0.00975. The van der Waals surface area contributed by atoms with E-state index in [1.807, 2.05) is 0 Å². The molecule has 0 aliphatic carbocycles. The lowest BCUT2D eigenvalue weighted by Crippen LogP contribution is -2.30. The van der Waals surface area contributed by atoms with E-state index in [0.717, 1.165) is 25.7 Å². The molecule has 0 saturated carbocycles. The normalized spacial score (nSPS) is 10.1. The molecule has 1 rings (SSSR count). The predicted octanol–water partition coefficient (Wildman–Crippen LogP) is 3.74. The van der Waals surface area contributed by atoms with E-state index in [2.05, 4.69) is 17.6 Å². The number of urea groups is 1. The topological polar surface area (TPSA) is 78.4 Å². The number of unbranched alkanes of at least 4 members (excludes halogenated alkanes) is 3. The molecule has 0 spiro atoms. The summed E-state index contributed by atoms with van der Waals surface area (Å²) in [6, 6.07) is 3.83. The highest BCUT2D eigenvalue weighted by atomic mass is 35.5. The zero-order valence-electron chi connectivity index (χ0n) is 11.4. The number of aromatic carboxylic acids is 1. The largest absolute Gasteiger partial charge is 0.478 e. The molecule has 0 heterocycles. The summed E-state index contributed by atoms with van der Waals surface area (Å²) in [6.07, 6.45) is 4.24. The lowest BCUT2D eigenvalue weighted by molar-refractivity contribution is 0.0698. The summed E-state index contributed by atoms with van der Waals surface area (Å²) in [7, 11) is 0. The predicted molar refractivity (Wildman–Crippen MR) is 79.6 cm³/mol. The Morgan fingerprint density at radius 2 is 2.00 bits per heavy atom. The number of benzene rings is 1. The van der Waals surface area contributed by atoms with E-state index in [0.29, 0.717) is 11.6 Å². The molecule has 0 aliphatic heterocycles. The Morgan fingerprint density at radius 1 is 1.25 bits per heavy atom. The van der Waals surface area contributed by atoms with Crippen LogP contribution < -0.4 is 10.6 Å². The van der Waals surface area contributed by atoms with Crippen molar-refractivity contribution in [2.75, 3.05) is 11.9 Å². The van der Waals surface area contributed by atoms with Gasteiger partial charge < -0.3 is 15.7 Å². The molecule has 110 valence electrons. The van der Waals surface area contributed by atoms with Crippen molar-refractivity contribution >= 4 is 29.3 Å². The van der Waals surface area contributed by atoms with Crippen molar-refractivity contribution in [3.63, 3.8) is 0 Å². The Hall–Kier alpha value is -1.75. The SMILES string of the molecule is CCCCCCNC(=O)Nc1cc(Cl)ccc1C(=O)O. The number of hydrogen-bond donors (Lipinski definition) is 3. The van der Waals surface area contributed by atoms with E-state index in [9.17, 15) is 9.59 Å². The Labute approximate surface area is 123 Å². The lowest BCUT2D eigenvalue weighted by atomic mass is 10.2. The molecular formula is C14H19ClN2O3. The first-order valence-electron chi connectivity index (χ1n) is 6.62. The maximum absolute atomic E-state index is 11.7. The highest BCUT2D eigenvalue weighted by molar-refractivity contribution is 6.31. The molecule has 0 unspecified atom stereocenters. The summed E-state index contributed by atoms with van der Waals surface area (Å²) in [5.41, 5.74) is 0.201. The van der Waals surface area contributed by atoms with Crippen molar-refractivity contribution < 1.29 is 14.7 Å². The van der Waals surface area contributed by atoms with Crippen molar-refractivity contribution in [3.8, 4) is 0 Å². The number of amides is 2. The Bertz CT molecular complexity index is 477. The second-order valence-electron chi connectivity index (χ2n) is 4.44. The van der Waals surface area contributed by atoms with Gasteiger partial charge >= 0.3 is 12.0 Å². The molecule has 0 aliphatic rings. The molecule has 0 fully saturated rings. The van der Waals surface area contributed by atoms with Crippen molar-refractivity contribution in [2.45, 2.75) is 32.6 Å². The summed E-state index contributed by atoms with van der Waals surface area (Å²) in [5.74, 6) is -1.11. The van der Waals surface area contributed by atoms with Crippen LogP contribution in [-0.2, 0) is 0 Å². The van der Waals surface area contributed by atoms with Gasteiger partial charge in [0.05, 0.1) is 11.3 Å². The van der Waals surface area contributed by atoms with Gasteiger partial charge in [0.25, 0.3) is 0 Å². The van der Waals surface area contributed by atoms with Gasteiger partial charge in [-0.3, -0.25) is 0 Å². The quantitative estimate of drug-likeness (QED) is 0.671. The van der Waals surface area contributed by atoms with E-state index in [1.165, 1.54) is 18.2 Å². The number of nitrogens with one attached hydrogen (secondary N) is 2. The van der Waals surface area contributed by atoms with Crippen LogP contribution in [0.5, 0.6) is 0 Å². The Morgan fingerprint density at radius 3 is 2.65 bits per heavy atom. The van der Waals surface area contributed by atoms with Gasteiger partial charge in [-0.25, -0.2) is 9.59 Å². The number of halogens is 1. The van der Waals surface area contributed by atoms with Crippen LogP contribution in [0, 0.1) is 0 Å². The van der Waals surface area contributed by atoms with E-state index >= 15 is 0 Å². The molecular weight excluding hydrogens is 280 g/mol. The van der Waals surface area contributed by atoms with E-state index in [-0.39, 0.29) is 11.3 Å². The second kappa shape index (κ2) is 8.43. The first kappa shape index (κ1) is 16.3. The van der Waals surface area contributed by atoms with Crippen molar-refractivity contribution in [3.05, 3.63) is 28.8 Å². The second-order valence-corrected chi connectivity index (χ2v) is 4.87. The molecule has 1 aromatic rings. The van der Waals surface area contributed by atoms with Crippen molar-refractivity contribution in [2.24, 2.45) is 0 Å². The highest BCUT2D eigenvalue weighted by Crippen LogP contribution is 2.21. The standard InChI is InChI=1S/C14H19ClN2O3/c1-2-3-4-5-8-16-14(20)17-12-9-10(15)6-7-11(12)13(18)19/h6-7,9H,2-5,8H2,1H3,(H,18,19)(H2,16,17,20). The molecule has 20 heavy (non-hydrogen) atoms. The van der Waals surface area contributed by atoms with Gasteiger partial charge in [0, 0.05) is 11.6 Å². The van der Waals surface area contributed by atoms with Gasteiger partial charge in [0.1, 0.15) is 0 Å². The average Bonchev–Trinajstić information content (AvgIpc) is 2.38. The lowest BCUT2D eigenvalue weighted by Gasteiger charge is -2.10. The molecule has 1 aromatic carbocycles. The summed E-state index contributed by atoms with van der Waals surface area (Å²) in [6.45, 7) is 2.68. The number of hydrogen-bond acceptors (Lipinski definition) is 2. The number of rotatable bonds is 7. The molecule has 5 nitrogen and oxygen atoms in total. The van der Waals surface area contributed by atoms with E-state index in [4.69, 9.17) is 16.7 Å². The minimum Gasteiger partial charge on any atom is -0.478 e. The van der Waals surface area contributed by atoms with Crippen LogP contribution >= 0.6 is 11.6 Å². The van der Waals surface area contributed by atoms with Crippen LogP contribution in [0.15, 0.2) is 18.2 Å². The Kier molecular flexibility index (Phi) is 6.87. The number of carboxylic acids is 1. The Balaban J connectivity index is 2.53. The summed E-state index contributed by atoms with van der Waals surface area (Å²) in [5, 5.41) is 14.6. The van der Waals surface area contributed by atoms with Crippen LogP contribution in [0.2, 0.25) is 5.02 Å². The molecule has 3 N–H and O–H groups in total. The monoisotopic (exact) mass is 298 g/mol. The smallest absolute Gasteiger partial charge is 0.337 e. The van der Waals surface area contributed by atoms with Gasteiger partial charge in [0.15, 0.2) is 0 Å². The molecule has 0 saturated heterocycles. The number of anilines is 1. The number of carbonyl (C=O) groups is 2. The van der Waals surface area contributed by atoms with E-state index in [1.54, 1.807) is 0 Å². The van der Waals surface area contributed by atoms with Crippen LogP contribution in [0.25, 0.3) is 0 Å². The third-order valence-corrected chi connectivity index (χ3v) is 3.01. The van der Waals surface area contributed by atoms with Gasteiger partial charge in [-0.2, -0.15) is 0 Å². The average molecular weight is 299 g/mol. The maximum Gasteiger partial charge on any atom is 0.337 e. The van der Waals surface area contributed by atoms with Gasteiger partial charge in [0.2, 0.25) is 0 Å². The summed E-state index contributed by atoms with van der Waals surface area (Å²) < 4.78 is 0. The van der Waals surface area contributed by atoms with Crippen LogP contribution in [0.4, 0.5) is 10.5 Å². The maximum atomic E-state index is 11.7. The minimum atomic E-state index is -1.11. The first-order valence-corrected chi connectivity index (χ1v) is 7.00. The molecule has 6 heteroatoms. The van der Waals surface area contributed by atoms with Crippen molar-refractivity contribution in [1.29, 1.82) is 0 Å². The molecule has 0 atom stereocenters. The zero-order chi connectivity index (χ0) is 15.0. The third kappa shape index (κ3) is 5.48. The summed E-state index contributed by atoms with van der Waals surface area (Å²) >= 11 is 5.80. The zero-order valence-corrected chi connectivity index (χ0v) is 12.2.